The number of carbonyl (C=O) groups is 1. The zero-order valence-electron chi connectivity index (χ0n) is 31.3. The molecule has 0 saturated heterocycles. The first-order valence-corrected chi connectivity index (χ1v) is 20.6. The van der Waals surface area contributed by atoms with Gasteiger partial charge in [-0.2, -0.15) is 0 Å². The van der Waals surface area contributed by atoms with Crippen molar-refractivity contribution in [1.82, 2.24) is 10.2 Å². The van der Waals surface area contributed by atoms with E-state index in [0.29, 0.717) is 6.42 Å². The summed E-state index contributed by atoms with van der Waals surface area (Å²) in [6.07, 6.45) is 47.9. The molecule has 1 rings (SSSR count). The van der Waals surface area contributed by atoms with Crippen molar-refractivity contribution < 1.29 is 4.79 Å². The number of carbonyl (C=O) groups excluding carboxylic acids is 1. The number of hydrogen-bond acceptors (Lipinski definition) is 3. The maximum Gasteiger partial charge on any atom is 0.221 e. The van der Waals surface area contributed by atoms with E-state index in [2.05, 4.69) is 55.3 Å². The SMILES string of the molecule is CCCCCCCC/C=C\CCCCCCCCC1=NCCN1C(CC)NC(=O)CCCCCCC/C=C\CCCCCCCC. The van der Waals surface area contributed by atoms with Gasteiger partial charge in [-0.25, -0.2) is 0 Å². The molecule has 4 nitrogen and oxygen atoms in total. The van der Waals surface area contributed by atoms with Crippen molar-refractivity contribution in [1.29, 1.82) is 0 Å². The smallest absolute Gasteiger partial charge is 0.221 e. The van der Waals surface area contributed by atoms with Gasteiger partial charge in [-0.05, 0) is 70.6 Å². The van der Waals surface area contributed by atoms with Crippen LogP contribution in [0.25, 0.3) is 0 Å². The van der Waals surface area contributed by atoms with Gasteiger partial charge in [0.15, 0.2) is 0 Å². The number of rotatable bonds is 34. The second-order valence-electron chi connectivity index (χ2n) is 14.0. The van der Waals surface area contributed by atoms with Gasteiger partial charge < -0.3 is 10.2 Å². The Morgan fingerprint density at radius 2 is 1.02 bits per heavy atom. The topological polar surface area (TPSA) is 44.7 Å². The molecule has 1 N–H and O–H groups in total. The van der Waals surface area contributed by atoms with E-state index in [-0.39, 0.29) is 12.1 Å². The molecule has 1 amide bonds. The summed E-state index contributed by atoms with van der Waals surface area (Å²) in [7, 11) is 0. The van der Waals surface area contributed by atoms with Gasteiger partial charge in [0.2, 0.25) is 5.91 Å². The van der Waals surface area contributed by atoms with E-state index in [0.717, 1.165) is 38.8 Å². The molecule has 0 aromatic rings. The Balaban J connectivity index is 2.01. The third-order valence-corrected chi connectivity index (χ3v) is 9.64. The van der Waals surface area contributed by atoms with E-state index in [9.17, 15) is 4.79 Å². The molecule has 268 valence electrons. The number of nitrogens with zero attached hydrogens (tertiary/aromatic N) is 2. The molecule has 0 fully saturated rings. The highest BCUT2D eigenvalue weighted by Crippen LogP contribution is 2.17. The monoisotopic (exact) mass is 642 g/mol. The van der Waals surface area contributed by atoms with E-state index in [1.165, 1.54) is 166 Å². The largest absolute Gasteiger partial charge is 0.338 e. The standard InChI is InChI=1S/C42H79N3O/c1-4-7-9-11-13-15-17-19-21-23-24-26-28-30-32-34-36-41-43-38-39-45(41)40(6-3)44-42(46)37-35-33-31-29-27-25-22-20-18-16-14-12-10-8-5-2/h19-22,40H,4-18,23-39H2,1-3H3,(H,44,46)/b21-19-,22-20-. The molecule has 1 atom stereocenters. The van der Waals surface area contributed by atoms with Gasteiger partial charge in [-0.3, -0.25) is 9.79 Å². The molecule has 0 aromatic heterocycles. The first kappa shape index (κ1) is 42.4. The van der Waals surface area contributed by atoms with Crippen molar-refractivity contribution in [3.05, 3.63) is 24.3 Å². The summed E-state index contributed by atoms with van der Waals surface area (Å²) < 4.78 is 0. The number of aliphatic imine (C=N–C) groups is 1. The van der Waals surface area contributed by atoms with Crippen LogP contribution in [0.2, 0.25) is 0 Å². The molecule has 1 aliphatic rings. The molecular formula is C42H79N3O. The second-order valence-corrected chi connectivity index (χ2v) is 14.0. The Morgan fingerprint density at radius 3 is 1.48 bits per heavy atom. The van der Waals surface area contributed by atoms with Crippen molar-refractivity contribution in [3.8, 4) is 0 Å². The van der Waals surface area contributed by atoms with Crippen molar-refractivity contribution >= 4 is 11.7 Å². The molecule has 0 spiro atoms. The lowest BCUT2D eigenvalue weighted by molar-refractivity contribution is -0.122. The first-order valence-electron chi connectivity index (χ1n) is 20.6. The Labute approximate surface area is 288 Å². The van der Waals surface area contributed by atoms with Crippen LogP contribution in [0.5, 0.6) is 0 Å². The van der Waals surface area contributed by atoms with Gasteiger partial charge >= 0.3 is 0 Å². The van der Waals surface area contributed by atoms with E-state index in [1.54, 1.807) is 0 Å². The Morgan fingerprint density at radius 1 is 0.609 bits per heavy atom. The van der Waals surface area contributed by atoms with Gasteiger partial charge in [0, 0.05) is 19.4 Å². The highest BCUT2D eigenvalue weighted by atomic mass is 16.1. The van der Waals surface area contributed by atoms with Crippen LogP contribution in [0, 0.1) is 0 Å². The van der Waals surface area contributed by atoms with Crippen LogP contribution >= 0.6 is 0 Å². The van der Waals surface area contributed by atoms with Gasteiger partial charge in [0.1, 0.15) is 12.0 Å². The van der Waals surface area contributed by atoms with Gasteiger partial charge in [0.25, 0.3) is 0 Å². The lowest BCUT2D eigenvalue weighted by atomic mass is 10.1. The predicted octanol–water partition coefficient (Wildman–Crippen LogP) is 13.0. The molecule has 0 saturated carbocycles. The van der Waals surface area contributed by atoms with Crippen LogP contribution in [0.15, 0.2) is 29.3 Å². The van der Waals surface area contributed by atoms with E-state index in [1.807, 2.05) is 0 Å². The number of nitrogens with one attached hydrogen (secondary N) is 1. The van der Waals surface area contributed by atoms with Crippen LogP contribution in [0.1, 0.15) is 213 Å². The van der Waals surface area contributed by atoms with Crippen LogP contribution in [0.4, 0.5) is 0 Å². The van der Waals surface area contributed by atoms with Crippen molar-refractivity contribution in [2.24, 2.45) is 4.99 Å². The Kier molecular flexibility index (Phi) is 30.7. The minimum absolute atomic E-state index is 0.103. The fourth-order valence-corrected chi connectivity index (χ4v) is 6.61. The fraction of sp³-hybridized carbons (Fsp3) is 0.857. The number of hydrogen-bond donors (Lipinski definition) is 1. The van der Waals surface area contributed by atoms with Crippen LogP contribution in [-0.2, 0) is 4.79 Å². The van der Waals surface area contributed by atoms with E-state index < -0.39 is 0 Å². The molecule has 0 aromatic carbocycles. The summed E-state index contributed by atoms with van der Waals surface area (Å²) in [6.45, 7) is 8.58. The predicted molar refractivity (Wildman–Crippen MR) is 205 cm³/mol. The minimum atomic E-state index is 0.103. The highest BCUT2D eigenvalue weighted by molar-refractivity contribution is 5.85. The third kappa shape index (κ3) is 25.5. The summed E-state index contributed by atoms with van der Waals surface area (Å²) in [5.41, 5.74) is 0. The molecule has 4 heteroatoms. The average molecular weight is 642 g/mol. The minimum Gasteiger partial charge on any atom is -0.338 e. The second kappa shape index (κ2) is 33.3. The maximum absolute atomic E-state index is 12.7. The number of allylic oxidation sites excluding steroid dienone is 4. The van der Waals surface area contributed by atoms with E-state index >= 15 is 0 Å². The molecular weight excluding hydrogens is 562 g/mol. The van der Waals surface area contributed by atoms with Crippen molar-refractivity contribution in [2.45, 2.75) is 220 Å². The molecule has 46 heavy (non-hydrogen) atoms. The fourth-order valence-electron chi connectivity index (χ4n) is 6.61. The van der Waals surface area contributed by atoms with Crippen LogP contribution in [0.3, 0.4) is 0 Å². The maximum atomic E-state index is 12.7. The lowest BCUT2D eigenvalue weighted by Crippen LogP contribution is -2.49. The molecule has 0 aliphatic carbocycles. The molecule has 0 radical (unpaired) electrons. The van der Waals surface area contributed by atoms with Gasteiger partial charge in [-0.15, -0.1) is 0 Å². The summed E-state index contributed by atoms with van der Waals surface area (Å²) in [5.74, 6) is 1.44. The van der Waals surface area contributed by atoms with Gasteiger partial charge in [0.05, 0.1) is 6.54 Å². The van der Waals surface area contributed by atoms with Crippen molar-refractivity contribution in [2.75, 3.05) is 13.1 Å². The summed E-state index contributed by atoms with van der Waals surface area (Å²) in [4.78, 5) is 19.9. The van der Waals surface area contributed by atoms with Gasteiger partial charge in [-0.1, -0.05) is 154 Å². The normalized spacial score (nSPS) is 14.2. The molecule has 1 unspecified atom stereocenters. The quantitative estimate of drug-likeness (QED) is 0.0561. The number of amidine groups is 1. The zero-order chi connectivity index (χ0) is 33.2. The summed E-state index contributed by atoms with van der Waals surface area (Å²) in [6, 6.07) is 0. The zero-order valence-corrected chi connectivity index (χ0v) is 31.3. The number of amides is 1. The molecule has 1 heterocycles. The van der Waals surface area contributed by atoms with Crippen molar-refractivity contribution in [3.63, 3.8) is 0 Å². The highest BCUT2D eigenvalue weighted by Gasteiger charge is 2.24. The third-order valence-electron chi connectivity index (χ3n) is 9.64. The average Bonchev–Trinajstić information content (AvgIpc) is 3.53. The molecule has 1 aliphatic heterocycles. The van der Waals surface area contributed by atoms with Crippen LogP contribution in [-0.4, -0.2) is 35.9 Å². The van der Waals surface area contributed by atoms with Crippen LogP contribution < -0.4 is 5.32 Å². The summed E-state index contributed by atoms with van der Waals surface area (Å²) in [5, 5.41) is 3.34. The Hall–Kier alpha value is -1.58. The molecule has 0 bridgehead atoms. The number of unbranched alkanes of at least 4 members (excludes halogenated alkanes) is 23. The lowest BCUT2D eigenvalue weighted by Gasteiger charge is -2.30. The van der Waals surface area contributed by atoms with E-state index in [4.69, 9.17) is 4.99 Å². The Bertz CT molecular complexity index is 758. The summed E-state index contributed by atoms with van der Waals surface area (Å²) >= 11 is 0. The first-order chi connectivity index (χ1) is 22.7.